The van der Waals surface area contributed by atoms with Crippen molar-refractivity contribution < 1.29 is 4.39 Å². The number of nitrogens with zero attached hydrogens (tertiary/aromatic N) is 1. The van der Waals surface area contributed by atoms with Crippen LogP contribution >= 0.6 is 11.6 Å². The average Bonchev–Trinajstić information content (AvgIpc) is 2.47. The van der Waals surface area contributed by atoms with Gasteiger partial charge < -0.3 is 5.32 Å². The lowest BCUT2D eigenvalue weighted by Gasteiger charge is -2.19. The van der Waals surface area contributed by atoms with Crippen LogP contribution < -0.4 is 5.32 Å². The first-order valence-corrected chi connectivity index (χ1v) is 7.57. The molecule has 0 aliphatic rings. The summed E-state index contributed by atoms with van der Waals surface area (Å²) < 4.78 is 13.9. The van der Waals surface area contributed by atoms with Crippen LogP contribution in [0.3, 0.4) is 0 Å². The molecule has 2 rings (SSSR count). The molecule has 1 aromatic heterocycles. The van der Waals surface area contributed by atoms with Crippen molar-refractivity contribution in [2.45, 2.75) is 32.7 Å². The van der Waals surface area contributed by atoms with Gasteiger partial charge in [-0.2, -0.15) is 0 Å². The van der Waals surface area contributed by atoms with E-state index in [9.17, 15) is 4.39 Å². The number of halogens is 2. The van der Waals surface area contributed by atoms with E-state index in [4.69, 9.17) is 11.6 Å². The Morgan fingerprint density at radius 3 is 2.81 bits per heavy atom. The number of benzene rings is 1. The lowest BCUT2D eigenvalue weighted by atomic mass is 10.0. The van der Waals surface area contributed by atoms with E-state index < -0.39 is 0 Å². The van der Waals surface area contributed by atoms with Crippen LogP contribution in [0.25, 0.3) is 0 Å². The third-order valence-electron chi connectivity index (χ3n) is 3.37. The first kappa shape index (κ1) is 15.9. The third-order valence-corrected chi connectivity index (χ3v) is 3.60. The highest BCUT2D eigenvalue weighted by Crippen LogP contribution is 2.22. The maximum atomic E-state index is 13.9. The summed E-state index contributed by atoms with van der Waals surface area (Å²) in [6.07, 6.45) is 3.34. The molecular formula is C17H20ClFN2. The summed E-state index contributed by atoms with van der Waals surface area (Å²) in [5.74, 6) is -0.227. The molecule has 0 saturated heterocycles. The standard InChI is InChI=1S/C17H20ClFN2/c1-3-7-20-17(16-9-12(2)6-8-21-16)11-13-10-14(18)4-5-15(13)19/h4-6,8-10,17,20H,3,7,11H2,1-2H3. The Morgan fingerprint density at radius 2 is 2.10 bits per heavy atom. The zero-order valence-electron chi connectivity index (χ0n) is 12.4. The van der Waals surface area contributed by atoms with Crippen LogP contribution in [0.1, 0.15) is 36.2 Å². The molecule has 1 heterocycles. The SMILES string of the molecule is CCCNC(Cc1cc(Cl)ccc1F)c1cc(C)ccn1. The molecule has 112 valence electrons. The van der Waals surface area contributed by atoms with E-state index in [1.165, 1.54) is 6.07 Å². The van der Waals surface area contributed by atoms with Crippen molar-refractivity contribution in [2.75, 3.05) is 6.54 Å². The highest BCUT2D eigenvalue weighted by molar-refractivity contribution is 6.30. The van der Waals surface area contributed by atoms with Crippen LogP contribution in [0.5, 0.6) is 0 Å². The van der Waals surface area contributed by atoms with Gasteiger partial charge in [-0.15, -0.1) is 0 Å². The van der Waals surface area contributed by atoms with Gasteiger partial charge in [-0.3, -0.25) is 4.98 Å². The van der Waals surface area contributed by atoms with E-state index in [0.29, 0.717) is 17.0 Å². The fraction of sp³-hybridized carbons (Fsp3) is 0.353. The van der Waals surface area contributed by atoms with Gasteiger partial charge in [0.05, 0.1) is 11.7 Å². The molecule has 21 heavy (non-hydrogen) atoms. The summed E-state index contributed by atoms with van der Waals surface area (Å²) in [6, 6.07) is 8.65. The monoisotopic (exact) mass is 306 g/mol. The van der Waals surface area contributed by atoms with Crippen LogP contribution in [0.2, 0.25) is 5.02 Å². The van der Waals surface area contributed by atoms with Crippen LogP contribution in [-0.2, 0) is 6.42 Å². The fourth-order valence-corrected chi connectivity index (χ4v) is 2.46. The minimum Gasteiger partial charge on any atom is -0.308 e. The molecule has 1 aromatic carbocycles. The molecular weight excluding hydrogens is 287 g/mol. The van der Waals surface area contributed by atoms with Crippen molar-refractivity contribution in [3.63, 3.8) is 0 Å². The molecule has 0 aliphatic heterocycles. The Morgan fingerprint density at radius 1 is 1.29 bits per heavy atom. The second-order valence-corrected chi connectivity index (χ2v) is 5.64. The van der Waals surface area contributed by atoms with Crippen LogP contribution in [0, 0.1) is 12.7 Å². The van der Waals surface area contributed by atoms with Gasteiger partial charge in [-0.1, -0.05) is 18.5 Å². The Balaban J connectivity index is 2.25. The number of rotatable bonds is 6. The summed E-state index contributed by atoms with van der Waals surface area (Å²) >= 11 is 5.97. The van der Waals surface area contributed by atoms with Crippen molar-refractivity contribution in [1.29, 1.82) is 0 Å². The maximum absolute atomic E-state index is 13.9. The fourth-order valence-electron chi connectivity index (χ4n) is 2.27. The van der Waals surface area contributed by atoms with Crippen molar-refractivity contribution in [3.05, 3.63) is 64.2 Å². The molecule has 0 fully saturated rings. The number of aromatic nitrogens is 1. The molecule has 1 atom stereocenters. The van der Waals surface area contributed by atoms with Gasteiger partial charge in [0, 0.05) is 11.2 Å². The smallest absolute Gasteiger partial charge is 0.126 e. The number of hydrogen-bond acceptors (Lipinski definition) is 2. The molecule has 2 nitrogen and oxygen atoms in total. The van der Waals surface area contributed by atoms with E-state index >= 15 is 0 Å². The van der Waals surface area contributed by atoms with Gasteiger partial charge in [0.15, 0.2) is 0 Å². The van der Waals surface area contributed by atoms with Gasteiger partial charge in [0.1, 0.15) is 5.82 Å². The Labute approximate surface area is 130 Å². The lowest BCUT2D eigenvalue weighted by Crippen LogP contribution is -2.25. The quantitative estimate of drug-likeness (QED) is 0.852. The first-order chi connectivity index (χ1) is 10.1. The molecule has 4 heteroatoms. The molecule has 0 radical (unpaired) electrons. The topological polar surface area (TPSA) is 24.9 Å². The zero-order valence-corrected chi connectivity index (χ0v) is 13.1. The second-order valence-electron chi connectivity index (χ2n) is 5.20. The van der Waals surface area contributed by atoms with Gasteiger partial charge in [-0.25, -0.2) is 4.39 Å². The number of pyridine rings is 1. The molecule has 0 spiro atoms. The summed E-state index contributed by atoms with van der Waals surface area (Å²) in [7, 11) is 0. The van der Waals surface area contributed by atoms with Crippen LogP contribution in [0.4, 0.5) is 4.39 Å². The third kappa shape index (κ3) is 4.51. The molecule has 0 amide bonds. The number of aryl methyl sites for hydroxylation is 1. The Hall–Kier alpha value is -1.45. The normalized spacial score (nSPS) is 12.4. The molecule has 0 saturated carbocycles. The van der Waals surface area contributed by atoms with E-state index in [-0.39, 0.29) is 11.9 Å². The van der Waals surface area contributed by atoms with Gasteiger partial charge >= 0.3 is 0 Å². The maximum Gasteiger partial charge on any atom is 0.126 e. The minimum absolute atomic E-state index is 0.0159. The minimum atomic E-state index is -0.227. The zero-order chi connectivity index (χ0) is 15.2. The predicted octanol–water partition coefficient (Wildman–Crippen LogP) is 4.47. The van der Waals surface area contributed by atoms with Crippen molar-refractivity contribution in [2.24, 2.45) is 0 Å². The predicted molar refractivity (Wildman–Crippen MR) is 85.1 cm³/mol. The van der Waals surface area contributed by atoms with E-state index in [1.54, 1.807) is 18.3 Å². The van der Waals surface area contributed by atoms with Gasteiger partial charge in [0.2, 0.25) is 0 Å². The summed E-state index contributed by atoms with van der Waals surface area (Å²) in [4.78, 5) is 4.42. The summed E-state index contributed by atoms with van der Waals surface area (Å²) in [5.41, 5.74) is 2.69. The van der Waals surface area contributed by atoms with E-state index in [0.717, 1.165) is 24.2 Å². The first-order valence-electron chi connectivity index (χ1n) is 7.20. The van der Waals surface area contributed by atoms with E-state index in [1.807, 2.05) is 19.1 Å². The number of hydrogen-bond donors (Lipinski definition) is 1. The lowest BCUT2D eigenvalue weighted by molar-refractivity contribution is 0.503. The van der Waals surface area contributed by atoms with Crippen molar-refractivity contribution in [3.8, 4) is 0 Å². The molecule has 0 bridgehead atoms. The Kier molecular flexibility index (Phi) is 5.71. The number of nitrogens with one attached hydrogen (secondary N) is 1. The molecule has 2 aromatic rings. The van der Waals surface area contributed by atoms with Crippen molar-refractivity contribution >= 4 is 11.6 Å². The van der Waals surface area contributed by atoms with Gasteiger partial charge in [0.25, 0.3) is 0 Å². The summed E-state index contributed by atoms with van der Waals surface area (Å²) in [5, 5.41) is 3.99. The average molecular weight is 307 g/mol. The highest BCUT2D eigenvalue weighted by Gasteiger charge is 2.15. The largest absolute Gasteiger partial charge is 0.308 e. The van der Waals surface area contributed by atoms with Gasteiger partial charge in [-0.05, 0) is 67.8 Å². The molecule has 1 unspecified atom stereocenters. The van der Waals surface area contributed by atoms with E-state index in [2.05, 4.69) is 17.2 Å². The van der Waals surface area contributed by atoms with Crippen LogP contribution in [0.15, 0.2) is 36.5 Å². The summed E-state index contributed by atoms with van der Waals surface area (Å²) in [6.45, 7) is 5.00. The second kappa shape index (κ2) is 7.53. The molecule has 1 N–H and O–H groups in total. The molecule has 0 aliphatic carbocycles. The highest BCUT2D eigenvalue weighted by atomic mass is 35.5. The Bertz CT molecular complexity index is 601. The van der Waals surface area contributed by atoms with Crippen LogP contribution in [-0.4, -0.2) is 11.5 Å². The van der Waals surface area contributed by atoms with Crippen molar-refractivity contribution in [1.82, 2.24) is 10.3 Å².